The molecule has 0 spiro atoms. The van der Waals surface area contributed by atoms with Crippen LogP contribution >= 0.6 is 0 Å². The van der Waals surface area contributed by atoms with Gasteiger partial charge in [-0.1, -0.05) is 31.4 Å². The quantitative estimate of drug-likeness (QED) is 0.431. The number of urea groups is 1. The molecule has 29 heavy (non-hydrogen) atoms. The number of rotatable bonds is 6. The second-order valence-corrected chi connectivity index (χ2v) is 6.79. The molecule has 0 aliphatic heterocycles. The Bertz CT molecular complexity index is 805. The van der Waals surface area contributed by atoms with E-state index in [4.69, 9.17) is 9.47 Å². The van der Waals surface area contributed by atoms with E-state index in [1.165, 1.54) is 20.1 Å². The highest BCUT2D eigenvalue weighted by Crippen LogP contribution is 2.17. The van der Waals surface area contributed by atoms with Crippen LogP contribution in [0.5, 0.6) is 5.75 Å². The van der Waals surface area contributed by atoms with Gasteiger partial charge in [-0.15, -0.1) is 0 Å². The average molecular weight is 399 g/mol. The van der Waals surface area contributed by atoms with Crippen molar-refractivity contribution in [3.8, 4) is 11.8 Å². The number of amides is 3. The third-order valence-corrected chi connectivity index (χ3v) is 4.60. The maximum Gasteiger partial charge on any atom is 0.349 e. The molecule has 1 aromatic rings. The van der Waals surface area contributed by atoms with E-state index in [1.54, 1.807) is 30.3 Å². The van der Waals surface area contributed by atoms with Gasteiger partial charge in [0, 0.05) is 6.04 Å². The SMILES string of the molecule is COc1ccc(/C=C(\C#N)C(=O)O[C@@H](C)C(=O)NC(=O)NC2CCCCC2)cc1. The third-order valence-electron chi connectivity index (χ3n) is 4.60. The maximum atomic E-state index is 12.2. The van der Waals surface area contributed by atoms with Crippen molar-refractivity contribution in [3.63, 3.8) is 0 Å². The van der Waals surface area contributed by atoms with E-state index in [0.717, 1.165) is 32.1 Å². The van der Waals surface area contributed by atoms with Crippen LogP contribution in [0, 0.1) is 11.3 Å². The second-order valence-electron chi connectivity index (χ2n) is 6.79. The number of nitrogens with one attached hydrogen (secondary N) is 2. The van der Waals surface area contributed by atoms with Crippen molar-refractivity contribution in [2.45, 2.75) is 51.2 Å². The summed E-state index contributed by atoms with van der Waals surface area (Å²) in [6.45, 7) is 1.34. The van der Waals surface area contributed by atoms with Crippen molar-refractivity contribution in [2.24, 2.45) is 0 Å². The van der Waals surface area contributed by atoms with Gasteiger partial charge in [-0.2, -0.15) is 5.26 Å². The first kappa shape index (κ1) is 22.0. The molecular weight excluding hydrogens is 374 g/mol. The van der Waals surface area contributed by atoms with Gasteiger partial charge in [0.1, 0.15) is 17.4 Å². The van der Waals surface area contributed by atoms with E-state index >= 15 is 0 Å². The molecule has 154 valence electrons. The second kappa shape index (κ2) is 10.9. The standard InChI is InChI=1S/C21H25N3O5/c1-14(19(25)24-21(27)23-17-6-4-3-5-7-17)29-20(26)16(13-22)12-15-8-10-18(28-2)11-9-15/h8-12,14,17H,3-7H2,1-2H3,(H2,23,24,25,27)/b16-12+/t14-/m0/s1. The molecule has 0 bridgehead atoms. The molecule has 2 rings (SSSR count). The monoisotopic (exact) mass is 399 g/mol. The number of carbonyl (C=O) groups excluding carboxylic acids is 3. The number of ether oxygens (including phenoxy) is 2. The van der Waals surface area contributed by atoms with Gasteiger partial charge in [0.15, 0.2) is 6.10 Å². The van der Waals surface area contributed by atoms with E-state index in [2.05, 4.69) is 10.6 Å². The zero-order chi connectivity index (χ0) is 21.2. The van der Waals surface area contributed by atoms with Gasteiger partial charge in [-0.25, -0.2) is 9.59 Å². The zero-order valence-electron chi connectivity index (χ0n) is 16.6. The highest BCUT2D eigenvalue weighted by molar-refractivity contribution is 6.01. The normalized spacial score (nSPS) is 15.6. The lowest BCUT2D eigenvalue weighted by Gasteiger charge is -2.23. The van der Waals surface area contributed by atoms with Crippen LogP contribution in [0.25, 0.3) is 6.08 Å². The van der Waals surface area contributed by atoms with Gasteiger partial charge in [0.05, 0.1) is 7.11 Å². The summed E-state index contributed by atoms with van der Waals surface area (Å²) in [5.41, 5.74) is 0.338. The van der Waals surface area contributed by atoms with E-state index in [-0.39, 0.29) is 11.6 Å². The molecule has 8 heteroatoms. The number of nitrogens with zero attached hydrogens (tertiary/aromatic N) is 1. The fourth-order valence-corrected chi connectivity index (χ4v) is 2.96. The first-order valence-electron chi connectivity index (χ1n) is 9.51. The molecule has 1 aliphatic rings. The Labute approximate surface area is 169 Å². The lowest BCUT2D eigenvalue weighted by molar-refractivity contribution is -0.150. The maximum absolute atomic E-state index is 12.2. The average Bonchev–Trinajstić information content (AvgIpc) is 2.72. The molecule has 1 fully saturated rings. The van der Waals surface area contributed by atoms with E-state index in [0.29, 0.717) is 11.3 Å². The minimum atomic E-state index is -1.23. The minimum Gasteiger partial charge on any atom is -0.497 e. The molecule has 0 saturated heterocycles. The van der Waals surface area contributed by atoms with Crippen molar-refractivity contribution in [2.75, 3.05) is 7.11 Å². The van der Waals surface area contributed by atoms with Gasteiger partial charge in [0.25, 0.3) is 5.91 Å². The van der Waals surface area contributed by atoms with Crippen LogP contribution in [-0.4, -0.2) is 37.2 Å². The smallest absolute Gasteiger partial charge is 0.349 e. The zero-order valence-corrected chi connectivity index (χ0v) is 16.6. The van der Waals surface area contributed by atoms with Crippen LogP contribution in [-0.2, 0) is 14.3 Å². The Hall–Kier alpha value is -3.34. The Kier molecular flexibility index (Phi) is 8.22. The third kappa shape index (κ3) is 6.96. The summed E-state index contributed by atoms with van der Waals surface area (Å²) < 4.78 is 10.1. The van der Waals surface area contributed by atoms with Crippen molar-refractivity contribution >= 4 is 24.0 Å². The van der Waals surface area contributed by atoms with E-state index in [1.807, 2.05) is 0 Å². The molecule has 8 nitrogen and oxygen atoms in total. The van der Waals surface area contributed by atoms with Crippen molar-refractivity contribution < 1.29 is 23.9 Å². The number of hydrogen-bond acceptors (Lipinski definition) is 6. The number of imide groups is 1. The Morgan fingerprint density at radius 3 is 2.41 bits per heavy atom. The summed E-state index contributed by atoms with van der Waals surface area (Å²) in [7, 11) is 1.53. The summed E-state index contributed by atoms with van der Waals surface area (Å²) >= 11 is 0. The summed E-state index contributed by atoms with van der Waals surface area (Å²) in [5, 5.41) is 14.1. The van der Waals surface area contributed by atoms with Crippen molar-refractivity contribution in [1.82, 2.24) is 10.6 Å². The molecule has 0 aromatic heterocycles. The fraction of sp³-hybridized carbons (Fsp3) is 0.429. The van der Waals surface area contributed by atoms with E-state index < -0.39 is 24.0 Å². The molecule has 0 radical (unpaired) electrons. The predicted molar refractivity (Wildman–Crippen MR) is 106 cm³/mol. The summed E-state index contributed by atoms with van der Waals surface area (Å²) in [4.78, 5) is 36.2. The first-order chi connectivity index (χ1) is 13.9. The number of nitriles is 1. The molecular formula is C21H25N3O5. The molecule has 1 saturated carbocycles. The fourth-order valence-electron chi connectivity index (χ4n) is 2.96. The number of methoxy groups -OCH3 is 1. The van der Waals surface area contributed by atoms with Crippen LogP contribution in [0.3, 0.4) is 0 Å². The predicted octanol–water partition coefficient (Wildman–Crippen LogP) is 2.69. The van der Waals surface area contributed by atoms with Gasteiger partial charge in [-0.05, 0) is 43.5 Å². The van der Waals surface area contributed by atoms with Crippen LogP contribution in [0.15, 0.2) is 29.8 Å². The van der Waals surface area contributed by atoms with Crippen molar-refractivity contribution in [1.29, 1.82) is 5.26 Å². The molecule has 3 amide bonds. The van der Waals surface area contributed by atoms with Crippen LogP contribution in [0.1, 0.15) is 44.6 Å². The lowest BCUT2D eigenvalue weighted by Crippen LogP contribution is -2.48. The van der Waals surface area contributed by atoms with Gasteiger partial charge < -0.3 is 14.8 Å². The van der Waals surface area contributed by atoms with Gasteiger partial charge in [0.2, 0.25) is 0 Å². The number of benzene rings is 1. The van der Waals surface area contributed by atoms with Crippen molar-refractivity contribution in [3.05, 3.63) is 35.4 Å². The largest absolute Gasteiger partial charge is 0.497 e. The lowest BCUT2D eigenvalue weighted by atomic mass is 9.96. The molecule has 0 unspecified atom stereocenters. The Morgan fingerprint density at radius 1 is 1.17 bits per heavy atom. The molecule has 2 N–H and O–H groups in total. The van der Waals surface area contributed by atoms with Crippen LogP contribution in [0.2, 0.25) is 0 Å². The summed E-state index contributed by atoms with van der Waals surface area (Å²) in [5.74, 6) is -1.06. The molecule has 1 aliphatic carbocycles. The molecule has 1 atom stereocenters. The number of esters is 1. The first-order valence-corrected chi connectivity index (χ1v) is 9.51. The Morgan fingerprint density at radius 2 is 1.83 bits per heavy atom. The Balaban J connectivity index is 1.89. The minimum absolute atomic E-state index is 0.0482. The van der Waals surface area contributed by atoms with Gasteiger partial charge in [-0.3, -0.25) is 10.1 Å². The topological polar surface area (TPSA) is 118 Å². The number of hydrogen-bond donors (Lipinski definition) is 2. The summed E-state index contributed by atoms with van der Waals surface area (Å²) in [6, 6.07) is 7.93. The van der Waals surface area contributed by atoms with Crippen LogP contribution < -0.4 is 15.4 Å². The summed E-state index contributed by atoms with van der Waals surface area (Å²) in [6.07, 6.45) is 5.13. The van der Waals surface area contributed by atoms with Crippen LogP contribution in [0.4, 0.5) is 4.79 Å². The number of carbonyl (C=O) groups is 3. The highest BCUT2D eigenvalue weighted by Gasteiger charge is 2.23. The molecule has 1 aromatic carbocycles. The molecule has 0 heterocycles. The highest BCUT2D eigenvalue weighted by atomic mass is 16.5. The van der Waals surface area contributed by atoms with Gasteiger partial charge >= 0.3 is 12.0 Å². The van der Waals surface area contributed by atoms with E-state index in [9.17, 15) is 19.6 Å².